The number of hydrogen-bond donors (Lipinski definition) is 7. The molecule has 11 heteroatoms. The number of rotatable bonds is 0. The molecule has 7 N–H and O–H groups in total. The fraction of sp³-hybridized carbons (Fsp3) is 0. The third-order valence-electron chi connectivity index (χ3n) is 0. The van der Waals surface area contributed by atoms with E-state index < -0.39 is 19.7 Å². The Bertz CT molecular complexity index is 127. The van der Waals surface area contributed by atoms with Gasteiger partial charge in [0.1, 0.15) is 0 Å². The van der Waals surface area contributed by atoms with E-state index in [1.807, 2.05) is 0 Å². The van der Waals surface area contributed by atoms with Crippen molar-refractivity contribution in [2.45, 2.75) is 0 Å². The van der Waals surface area contributed by atoms with Crippen molar-refractivity contribution >= 4 is 0 Å². The van der Waals surface area contributed by atoms with Gasteiger partial charge in [0, 0.05) is 0 Å². The van der Waals surface area contributed by atoms with E-state index in [0.717, 1.165) is 0 Å². The zero-order chi connectivity index (χ0) is 9.99. The zero-order valence-corrected chi connectivity index (χ0v) is 8.07. The fourth-order valence-electron chi connectivity index (χ4n) is 0. The van der Waals surface area contributed by atoms with Gasteiger partial charge in [-0.25, -0.2) is 0 Å². The minimum absolute atomic E-state index is 1.50. The van der Waals surface area contributed by atoms with Crippen LogP contribution in [0.1, 0.15) is 0 Å². The molecule has 0 fully saturated rings. The van der Waals surface area contributed by atoms with Gasteiger partial charge in [-0.3, -0.25) is 0 Å². The molecule has 0 saturated heterocycles. The number of nitrogens with zero attached hydrogens (tertiary/aromatic N) is 1. The Morgan fingerprint density at radius 2 is 1.00 bits per heavy atom. The molecule has 0 spiro atoms. The van der Waals surface area contributed by atoms with Gasteiger partial charge < -0.3 is 5.21 Å². The van der Waals surface area contributed by atoms with Crippen molar-refractivity contribution in [1.82, 2.24) is 0 Å². The summed E-state index contributed by atoms with van der Waals surface area (Å²) >= 11 is -8.38. The molecule has 68 valence electrons. The van der Waals surface area contributed by atoms with Gasteiger partial charge >= 0.3 is 38.2 Å². The second-order valence-corrected chi connectivity index (χ2v) is 11.3. The molecule has 0 unspecified atom stereocenters. The Kier molecular flexibility index (Phi) is 2.74. The average Bonchev–Trinajstić information content (AvgIpc) is 1.11. The molecular weight excluding hydrogens is 223 g/mol. The van der Waals surface area contributed by atoms with Crippen molar-refractivity contribution < 1.29 is 48.5 Å². The van der Waals surface area contributed by atoms with Crippen molar-refractivity contribution in [3.05, 3.63) is 10.1 Å². The second kappa shape index (κ2) is 2.28. The standard InChI is InChI=1S/HNO3.6H2O.Zn/c2-1(3)4;;;;;;;/h(H,2,3,4);6*1H2;/q;;;;;;;+6/p-6. The van der Waals surface area contributed by atoms with Crippen LogP contribution < -0.4 is 0 Å². The van der Waals surface area contributed by atoms with Crippen molar-refractivity contribution in [2.75, 3.05) is 0 Å². The third-order valence-corrected chi connectivity index (χ3v) is 0. The van der Waals surface area contributed by atoms with Crippen LogP contribution in [0.3, 0.4) is 0 Å². The van der Waals surface area contributed by atoms with E-state index in [0.29, 0.717) is 0 Å². The summed E-state index contributed by atoms with van der Waals surface area (Å²) in [6.07, 6.45) is 0. The summed E-state index contributed by atoms with van der Waals surface area (Å²) in [5.74, 6) is 0. The van der Waals surface area contributed by atoms with Crippen molar-refractivity contribution in [1.29, 1.82) is 0 Å². The van der Waals surface area contributed by atoms with Gasteiger partial charge in [-0.2, -0.15) is 0 Å². The predicted molar refractivity (Wildman–Crippen MR) is 22.1 cm³/mol. The zero-order valence-electron chi connectivity index (χ0n) is 5.10. The summed E-state index contributed by atoms with van der Waals surface area (Å²) in [6.45, 7) is 0. The van der Waals surface area contributed by atoms with Gasteiger partial charge in [-0.1, -0.05) is 0 Å². The van der Waals surface area contributed by atoms with Crippen LogP contribution in [0.4, 0.5) is 0 Å². The minimum atomic E-state index is -8.38. The Morgan fingerprint density at radius 1 is 1.00 bits per heavy atom. The fourth-order valence-corrected chi connectivity index (χ4v) is 0. The maximum atomic E-state index is 8.36. The van der Waals surface area contributed by atoms with E-state index in [2.05, 4.69) is 0 Å². The third kappa shape index (κ3) is 3180. The van der Waals surface area contributed by atoms with Gasteiger partial charge in [0.25, 0.3) is 5.09 Å². The van der Waals surface area contributed by atoms with Crippen LogP contribution in [0.2, 0.25) is 0 Å². The number of hydrogen-bond acceptors (Lipinski definition) is 8. The first-order chi connectivity index (χ1) is 4.18. The summed E-state index contributed by atoms with van der Waals surface area (Å²) in [4.78, 5) is 8.36. The Hall–Kier alpha value is -0.417. The maximum absolute atomic E-state index is 8.38. The average molecular weight is 230 g/mol. The van der Waals surface area contributed by atoms with Crippen LogP contribution in [0.5, 0.6) is 0 Å². The van der Waals surface area contributed by atoms with Gasteiger partial charge in [0.2, 0.25) is 0 Å². The molecule has 0 aliphatic rings. The molecule has 0 aromatic carbocycles. The van der Waals surface area contributed by atoms with Crippen LogP contribution >= 0.6 is 0 Å². The topological polar surface area (TPSA) is 185 Å². The summed E-state index contributed by atoms with van der Waals surface area (Å²) in [5, 5.41) is 13.6. The van der Waals surface area contributed by atoms with Crippen LogP contribution in [-0.2, 0) is 14.6 Å². The molecule has 0 aliphatic heterocycles. The van der Waals surface area contributed by atoms with Crippen molar-refractivity contribution in [3.8, 4) is 0 Å². The first-order valence-electron chi connectivity index (χ1n) is 2.46. The van der Waals surface area contributed by atoms with E-state index in [-0.39, 0.29) is 0 Å². The van der Waals surface area contributed by atoms with E-state index in [9.17, 15) is 0 Å². The summed E-state index contributed by atoms with van der Waals surface area (Å²) in [5.41, 5.74) is 0. The quantitative estimate of drug-likeness (QED) is 0.125. The van der Waals surface area contributed by atoms with Crippen LogP contribution in [-0.4, -0.2) is 33.9 Å². The predicted octanol–water partition coefficient (Wildman–Crippen LogP) is -3.69. The second-order valence-electron chi connectivity index (χ2n) is 2.36. The van der Waals surface area contributed by atoms with E-state index >= 15 is 0 Å². The Labute approximate surface area is 59.4 Å². The first-order valence-corrected chi connectivity index (χ1v) is 10.4. The summed E-state index contributed by atoms with van der Waals surface area (Å²) in [7, 11) is 0. The van der Waals surface area contributed by atoms with Gasteiger partial charge in [-0.15, -0.1) is 10.1 Å². The van der Waals surface area contributed by atoms with Crippen LogP contribution in [0.25, 0.3) is 0 Å². The molecule has 0 aromatic rings. The SMILES string of the molecule is O=[N+]([O-])O.[OH][Zn]([OH])([OH])([OH])([OH])[OH]. The molecule has 0 rings (SSSR count). The normalized spacial score (nSPS) is 13.6. The van der Waals surface area contributed by atoms with Gasteiger partial charge in [0.05, 0.1) is 0 Å². The molecule has 11 heavy (non-hydrogen) atoms. The monoisotopic (exact) mass is 229 g/mol. The molecule has 0 amide bonds. The summed E-state index contributed by atoms with van der Waals surface area (Å²) < 4.78 is 44.6. The molecule has 0 bridgehead atoms. The summed E-state index contributed by atoms with van der Waals surface area (Å²) in [6, 6.07) is 0. The molecule has 0 heterocycles. The first kappa shape index (κ1) is 13.2. The molecular formula is H7NO9Zn. The molecule has 0 aromatic heterocycles. The van der Waals surface area contributed by atoms with E-state index in [1.54, 1.807) is 0 Å². The van der Waals surface area contributed by atoms with E-state index in [4.69, 9.17) is 38.9 Å². The van der Waals surface area contributed by atoms with Crippen molar-refractivity contribution in [2.24, 2.45) is 0 Å². The molecule has 0 aliphatic carbocycles. The van der Waals surface area contributed by atoms with Crippen LogP contribution in [0.15, 0.2) is 0 Å². The van der Waals surface area contributed by atoms with E-state index in [1.165, 1.54) is 0 Å². The molecule has 10 nitrogen and oxygen atoms in total. The Morgan fingerprint density at radius 3 is 1.00 bits per heavy atom. The molecule has 0 radical (unpaired) electrons. The van der Waals surface area contributed by atoms with Crippen LogP contribution in [0, 0.1) is 10.1 Å². The van der Waals surface area contributed by atoms with Gasteiger partial charge in [-0.05, 0) is 0 Å². The molecule has 0 saturated carbocycles. The van der Waals surface area contributed by atoms with Gasteiger partial charge in [0.15, 0.2) is 0 Å². The Balaban J connectivity index is 0. The van der Waals surface area contributed by atoms with Crippen molar-refractivity contribution in [3.63, 3.8) is 0 Å². The molecule has 0 atom stereocenters.